The van der Waals surface area contributed by atoms with Crippen LogP contribution in [0.15, 0.2) is 88.7 Å². The molecule has 260 valence electrons. The van der Waals surface area contributed by atoms with Crippen LogP contribution in [0, 0.1) is 0 Å². The molecule has 0 saturated heterocycles. The number of hydrogen-bond acceptors (Lipinski definition) is 12. The van der Waals surface area contributed by atoms with Gasteiger partial charge in [-0.15, -0.1) is 10.2 Å². The molecule has 0 bridgehead atoms. The summed E-state index contributed by atoms with van der Waals surface area (Å²) in [6, 6.07) is 21.2. The number of sulfonamides is 1. The monoisotopic (exact) mass is 717 g/mol. The minimum atomic E-state index is -4.62. The predicted molar refractivity (Wildman–Crippen MR) is 188 cm³/mol. The van der Waals surface area contributed by atoms with Crippen molar-refractivity contribution in [2.75, 3.05) is 25.7 Å². The Balaban J connectivity index is 1.58. The van der Waals surface area contributed by atoms with Gasteiger partial charge in [0.15, 0.2) is 15.8 Å². The number of nitrogens with one attached hydrogen (secondary N) is 2. The van der Waals surface area contributed by atoms with Crippen molar-refractivity contribution in [2.45, 2.75) is 35.8 Å². The molecule has 0 aliphatic heterocycles. The van der Waals surface area contributed by atoms with Crippen molar-refractivity contribution in [2.24, 2.45) is 5.73 Å². The molecule has 2 aromatic heterocycles. The van der Waals surface area contributed by atoms with E-state index in [4.69, 9.17) is 20.9 Å². The van der Waals surface area contributed by atoms with Crippen molar-refractivity contribution in [1.82, 2.24) is 34.9 Å². The van der Waals surface area contributed by atoms with Crippen molar-refractivity contribution in [1.29, 1.82) is 0 Å². The lowest BCUT2D eigenvalue weighted by Crippen LogP contribution is -2.30. The Labute approximate surface area is 288 Å². The second-order valence-corrected chi connectivity index (χ2v) is 15.3. The van der Waals surface area contributed by atoms with Crippen LogP contribution in [0.3, 0.4) is 0 Å². The number of nitrogens with zero attached hydrogens (tertiary/aromatic N) is 5. The van der Waals surface area contributed by atoms with Gasteiger partial charge in [-0.2, -0.15) is 4.80 Å². The number of para-hydroxylation sites is 1. The highest BCUT2D eigenvalue weighted by molar-refractivity contribution is 7.93. The number of rotatable bonds is 13. The molecule has 6 rings (SSSR count). The maximum atomic E-state index is 14.5. The zero-order valence-corrected chi connectivity index (χ0v) is 29.0. The van der Waals surface area contributed by atoms with E-state index in [1.54, 1.807) is 61.7 Å². The lowest BCUT2D eigenvalue weighted by atomic mass is 9.98. The first-order valence-electron chi connectivity index (χ1n) is 15.3. The van der Waals surface area contributed by atoms with Gasteiger partial charge in [0.1, 0.15) is 16.4 Å². The van der Waals surface area contributed by atoms with Gasteiger partial charge in [0.2, 0.25) is 15.8 Å². The second kappa shape index (κ2) is 13.9. The predicted octanol–water partition coefficient (Wildman–Crippen LogP) is 3.13. The Bertz CT molecular complexity index is 2370. The highest BCUT2D eigenvalue weighted by Gasteiger charge is 2.35. The van der Waals surface area contributed by atoms with Gasteiger partial charge in [-0.3, -0.25) is 0 Å². The molecule has 0 aliphatic rings. The number of nitrogens with two attached hydrogens (primary N) is 2. The van der Waals surface area contributed by atoms with E-state index in [9.17, 15) is 16.8 Å². The first-order valence-corrected chi connectivity index (χ1v) is 18.5. The highest BCUT2D eigenvalue weighted by Crippen LogP contribution is 2.41. The van der Waals surface area contributed by atoms with Crippen LogP contribution in [0.25, 0.3) is 33.5 Å². The van der Waals surface area contributed by atoms with Gasteiger partial charge in [0, 0.05) is 18.2 Å². The van der Waals surface area contributed by atoms with Crippen LogP contribution in [0.5, 0.6) is 11.5 Å². The van der Waals surface area contributed by atoms with Crippen molar-refractivity contribution >= 4 is 36.8 Å². The van der Waals surface area contributed by atoms with Crippen LogP contribution < -0.4 is 25.7 Å². The molecular formula is C33H35N9O6S2. The number of fused-ring (bicyclic) bond motifs is 1. The average molecular weight is 718 g/mol. The number of aromatic nitrogens is 6. The van der Waals surface area contributed by atoms with Crippen LogP contribution in [0.1, 0.15) is 18.1 Å². The Morgan fingerprint density at radius 2 is 1.54 bits per heavy atom. The fourth-order valence-corrected chi connectivity index (χ4v) is 9.07. The normalized spacial score (nSPS) is 12.6. The van der Waals surface area contributed by atoms with E-state index >= 15 is 0 Å². The first kappa shape index (κ1) is 34.5. The van der Waals surface area contributed by atoms with Gasteiger partial charge < -0.3 is 25.9 Å². The molecule has 1 atom stereocenters. The van der Waals surface area contributed by atoms with Crippen LogP contribution in [0.2, 0.25) is 0 Å². The molecule has 0 saturated carbocycles. The van der Waals surface area contributed by atoms with E-state index in [1.807, 2.05) is 12.1 Å². The summed E-state index contributed by atoms with van der Waals surface area (Å²) in [4.78, 5) is 7.69. The maximum Gasteiger partial charge on any atom is 0.242 e. The third kappa shape index (κ3) is 7.16. The number of imidazole rings is 1. The van der Waals surface area contributed by atoms with Gasteiger partial charge in [-0.1, -0.05) is 42.5 Å². The largest absolute Gasteiger partial charge is 0.497 e. The summed E-state index contributed by atoms with van der Waals surface area (Å²) in [7, 11) is -5.81. The Hall–Kier alpha value is -5.36. The molecule has 0 aliphatic carbocycles. The van der Waals surface area contributed by atoms with E-state index < -0.39 is 41.4 Å². The number of H-pyrrole nitrogens is 1. The van der Waals surface area contributed by atoms with E-state index in [-0.39, 0.29) is 36.0 Å². The third-order valence-electron chi connectivity index (χ3n) is 7.81. The Kier molecular flexibility index (Phi) is 9.57. The molecule has 17 heteroatoms. The average Bonchev–Trinajstić information content (AvgIpc) is 3.72. The van der Waals surface area contributed by atoms with Crippen LogP contribution in [-0.4, -0.2) is 73.0 Å². The topological polar surface area (TPSA) is 223 Å². The standard InChI is InChI=1S/C33H35N9O6S2/c1-20(34)19-49(43,44)28-16-15-25(26-5-4-6-27-30(26)38-33(35)37-27)29(31(28)50(45,46)36-17-21-7-11-23(47-2)12-8-21)32-39-41-42(40-32)18-22-9-13-24(48-3)14-10-22/h4-16,20,36H,17-19,34H2,1-3H3,(H3,35,37,38)/t20-/m0/s1. The van der Waals surface area contributed by atoms with Gasteiger partial charge >= 0.3 is 0 Å². The van der Waals surface area contributed by atoms with Gasteiger partial charge in [0.05, 0.1) is 48.0 Å². The lowest BCUT2D eigenvalue weighted by molar-refractivity contribution is 0.414. The number of methoxy groups -OCH3 is 2. The zero-order valence-electron chi connectivity index (χ0n) is 27.4. The molecular weight excluding hydrogens is 683 g/mol. The molecule has 0 fully saturated rings. The fourth-order valence-electron chi connectivity index (χ4n) is 5.52. The smallest absolute Gasteiger partial charge is 0.242 e. The molecule has 15 nitrogen and oxygen atoms in total. The summed E-state index contributed by atoms with van der Waals surface area (Å²) in [6.07, 6.45) is 0. The van der Waals surface area contributed by atoms with E-state index in [1.165, 1.54) is 31.0 Å². The zero-order chi connectivity index (χ0) is 35.6. The fraction of sp³-hybridized carbons (Fsp3) is 0.212. The number of aromatic amines is 1. The van der Waals surface area contributed by atoms with Crippen molar-refractivity contribution in [3.63, 3.8) is 0 Å². The third-order valence-corrected chi connectivity index (χ3v) is 11.4. The van der Waals surface area contributed by atoms with E-state index in [2.05, 4.69) is 30.1 Å². The summed E-state index contributed by atoms with van der Waals surface area (Å²) in [5, 5.41) is 13.0. The summed E-state index contributed by atoms with van der Waals surface area (Å²) >= 11 is 0. The number of anilines is 1. The molecule has 2 heterocycles. The highest BCUT2D eigenvalue weighted by atomic mass is 32.2. The number of hydrogen-bond donors (Lipinski definition) is 4. The minimum absolute atomic E-state index is 0.0898. The van der Waals surface area contributed by atoms with Crippen molar-refractivity contribution < 1.29 is 26.3 Å². The van der Waals surface area contributed by atoms with Gasteiger partial charge in [-0.05, 0) is 65.2 Å². The lowest BCUT2D eigenvalue weighted by Gasteiger charge is -2.19. The van der Waals surface area contributed by atoms with Gasteiger partial charge in [0.25, 0.3) is 0 Å². The van der Waals surface area contributed by atoms with Gasteiger partial charge in [-0.25, -0.2) is 26.5 Å². The minimum Gasteiger partial charge on any atom is -0.497 e. The summed E-state index contributed by atoms with van der Waals surface area (Å²) in [5.41, 5.74) is 15.0. The number of benzene rings is 4. The van der Waals surface area contributed by atoms with Crippen molar-refractivity contribution in [3.05, 3.63) is 90.0 Å². The van der Waals surface area contributed by atoms with E-state index in [0.717, 1.165) is 5.56 Å². The molecule has 6 N–H and O–H groups in total. The molecule has 4 aromatic carbocycles. The molecule has 0 unspecified atom stereocenters. The number of sulfone groups is 1. The molecule has 0 spiro atoms. The Morgan fingerprint density at radius 1 is 0.880 bits per heavy atom. The van der Waals surface area contributed by atoms with Crippen LogP contribution in [-0.2, 0) is 33.0 Å². The van der Waals surface area contributed by atoms with Crippen LogP contribution >= 0.6 is 0 Å². The molecule has 0 amide bonds. The van der Waals surface area contributed by atoms with Crippen LogP contribution in [0.4, 0.5) is 5.95 Å². The first-order chi connectivity index (χ1) is 23.9. The molecule has 50 heavy (non-hydrogen) atoms. The van der Waals surface area contributed by atoms with E-state index in [0.29, 0.717) is 33.7 Å². The SMILES string of the molecule is COc1ccc(CNS(=O)(=O)c2c(S(=O)(=O)C[C@H](C)N)ccc(-c3cccc4[nH]c(N)nc34)c2-c2nnn(Cc3ccc(OC)cc3)n2)cc1. The Morgan fingerprint density at radius 3 is 2.18 bits per heavy atom. The number of nitrogen functional groups attached to an aromatic ring is 1. The molecule has 0 radical (unpaired) electrons. The number of ether oxygens (including phenoxy) is 2. The summed E-state index contributed by atoms with van der Waals surface area (Å²) in [6.45, 7) is 1.54. The summed E-state index contributed by atoms with van der Waals surface area (Å²) in [5.74, 6) is 0.753. The number of tetrazole rings is 1. The summed E-state index contributed by atoms with van der Waals surface area (Å²) < 4.78 is 69.9. The second-order valence-electron chi connectivity index (χ2n) is 11.6. The molecule has 6 aromatic rings. The maximum absolute atomic E-state index is 14.5. The van der Waals surface area contributed by atoms with Crippen molar-refractivity contribution in [3.8, 4) is 34.0 Å². The quantitative estimate of drug-likeness (QED) is 0.135.